The lowest BCUT2D eigenvalue weighted by Crippen LogP contribution is -2.38. The summed E-state index contributed by atoms with van der Waals surface area (Å²) >= 11 is 1.57. The number of aromatic amines is 1. The third-order valence-electron chi connectivity index (χ3n) is 3.73. The Morgan fingerprint density at radius 1 is 1.53 bits per heavy atom. The minimum atomic E-state index is 0.139. The molecule has 0 spiro atoms. The number of H-pyrrole nitrogens is 1. The van der Waals surface area contributed by atoms with Gasteiger partial charge in [-0.1, -0.05) is 0 Å². The first-order valence-corrected chi connectivity index (χ1v) is 7.54. The number of carbonyl (C=O) groups excluding carboxylic acids is 1. The Kier molecular flexibility index (Phi) is 3.38. The van der Waals surface area contributed by atoms with Gasteiger partial charge in [-0.05, 0) is 43.2 Å². The Hall–Kier alpha value is -1.62. The standard InChI is InChI=1S/C14H17N3OS/c1-10-8-15-16-13(10)12-4-2-3-6-17(12)14(18)11-5-7-19-9-11/h5,7-9,12H,2-4,6H2,1H3,(H,15,16). The maximum Gasteiger partial charge on any atom is 0.255 e. The molecule has 0 saturated carbocycles. The van der Waals surface area contributed by atoms with Crippen molar-refractivity contribution < 1.29 is 4.79 Å². The summed E-state index contributed by atoms with van der Waals surface area (Å²) in [6, 6.07) is 2.04. The molecule has 0 aromatic carbocycles. The molecule has 100 valence electrons. The molecule has 1 saturated heterocycles. The Balaban J connectivity index is 1.90. The summed E-state index contributed by atoms with van der Waals surface area (Å²) in [5.74, 6) is 0.139. The normalized spacial score (nSPS) is 19.6. The molecular weight excluding hydrogens is 258 g/mol. The summed E-state index contributed by atoms with van der Waals surface area (Å²) < 4.78 is 0. The second-order valence-electron chi connectivity index (χ2n) is 4.99. The summed E-state index contributed by atoms with van der Waals surface area (Å²) in [6.07, 6.45) is 5.09. The van der Waals surface area contributed by atoms with Gasteiger partial charge in [-0.2, -0.15) is 16.4 Å². The van der Waals surface area contributed by atoms with Crippen LogP contribution in [0.1, 0.15) is 46.9 Å². The average Bonchev–Trinajstić information content (AvgIpc) is 3.09. The zero-order valence-corrected chi connectivity index (χ0v) is 11.7. The van der Waals surface area contributed by atoms with Crippen molar-refractivity contribution in [3.8, 4) is 0 Å². The SMILES string of the molecule is Cc1cn[nH]c1C1CCCCN1C(=O)c1ccsc1. The van der Waals surface area contributed by atoms with E-state index in [-0.39, 0.29) is 11.9 Å². The third-order valence-corrected chi connectivity index (χ3v) is 4.42. The highest BCUT2D eigenvalue weighted by Gasteiger charge is 2.30. The number of nitrogens with one attached hydrogen (secondary N) is 1. The summed E-state index contributed by atoms with van der Waals surface area (Å²) in [7, 11) is 0. The number of carbonyl (C=O) groups is 1. The zero-order chi connectivity index (χ0) is 13.2. The van der Waals surface area contributed by atoms with E-state index in [1.165, 1.54) is 0 Å². The highest BCUT2D eigenvalue weighted by molar-refractivity contribution is 7.08. The van der Waals surface area contributed by atoms with Gasteiger partial charge < -0.3 is 4.90 Å². The number of piperidine rings is 1. The van der Waals surface area contributed by atoms with Crippen LogP contribution in [-0.2, 0) is 0 Å². The van der Waals surface area contributed by atoms with Crippen molar-refractivity contribution in [2.45, 2.75) is 32.2 Å². The molecule has 1 aliphatic heterocycles. The van der Waals surface area contributed by atoms with Crippen LogP contribution in [0.3, 0.4) is 0 Å². The number of hydrogen-bond donors (Lipinski definition) is 1. The van der Waals surface area contributed by atoms with Gasteiger partial charge in [-0.15, -0.1) is 0 Å². The fourth-order valence-corrected chi connectivity index (χ4v) is 3.35. The molecule has 1 aliphatic rings. The van der Waals surface area contributed by atoms with E-state index in [9.17, 15) is 4.79 Å². The van der Waals surface area contributed by atoms with E-state index in [0.717, 1.165) is 42.6 Å². The lowest BCUT2D eigenvalue weighted by molar-refractivity contribution is 0.0606. The van der Waals surface area contributed by atoms with Crippen LogP contribution in [0.25, 0.3) is 0 Å². The monoisotopic (exact) mass is 275 g/mol. The highest BCUT2D eigenvalue weighted by Crippen LogP contribution is 2.32. The molecule has 1 unspecified atom stereocenters. The number of thiophene rings is 1. The molecule has 1 atom stereocenters. The van der Waals surface area contributed by atoms with Crippen LogP contribution in [0, 0.1) is 6.92 Å². The van der Waals surface area contributed by atoms with Crippen LogP contribution in [-0.4, -0.2) is 27.5 Å². The van der Waals surface area contributed by atoms with Crippen LogP contribution < -0.4 is 0 Å². The van der Waals surface area contributed by atoms with Crippen LogP contribution in [0.4, 0.5) is 0 Å². The largest absolute Gasteiger partial charge is 0.330 e. The molecule has 0 radical (unpaired) electrons. The van der Waals surface area contributed by atoms with Crippen LogP contribution in [0.15, 0.2) is 23.0 Å². The maximum absolute atomic E-state index is 12.6. The molecule has 19 heavy (non-hydrogen) atoms. The van der Waals surface area contributed by atoms with E-state index in [4.69, 9.17) is 0 Å². The molecule has 2 aromatic heterocycles. The van der Waals surface area contributed by atoms with Gasteiger partial charge in [0.15, 0.2) is 0 Å². The fourth-order valence-electron chi connectivity index (χ4n) is 2.72. The van der Waals surface area contributed by atoms with Gasteiger partial charge in [0.2, 0.25) is 0 Å². The molecule has 1 amide bonds. The number of amides is 1. The van der Waals surface area contributed by atoms with E-state index in [1.807, 2.05) is 34.8 Å². The van der Waals surface area contributed by atoms with E-state index >= 15 is 0 Å². The van der Waals surface area contributed by atoms with Crippen molar-refractivity contribution in [2.24, 2.45) is 0 Å². The predicted molar refractivity (Wildman–Crippen MR) is 75.3 cm³/mol. The van der Waals surface area contributed by atoms with Crippen molar-refractivity contribution in [1.29, 1.82) is 0 Å². The van der Waals surface area contributed by atoms with Gasteiger partial charge in [0.25, 0.3) is 5.91 Å². The molecule has 3 rings (SSSR count). The highest BCUT2D eigenvalue weighted by atomic mass is 32.1. The maximum atomic E-state index is 12.6. The molecule has 0 aliphatic carbocycles. The van der Waals surface area contributed by atoms with E-state index in [0.29, 0.717) is 0 Å². The second-order valence-corrected chi connectivity index (χ2v) is 5.77. The van der Waals surface area contributed by atoms with Gasteiger partial charge in [0, 0.05) is 11.9 Å². The quantitative estimate of drug-likeness (QED) is 0.915. The van der Waals surface area contributed by atoms with Crippen molar-refractivity contribution in [3.05, 3.63) is 39.8 Å². The number of likely N-dealkylation sites (tertiary alicyclic amines) is 1. The Bertz CT molecular complexity index is 561. The minimum absolute atomic E-state index is 0.139. The van der Waals surface area contributed by atoms with Gasteiger partial charge >= 0.3 is 0 Å². The first-order chi connectivity index (χ1) is 9.27. The second kappa shape index (κ2) is 5.17. The number of aryl methyl sites for hydroxylation is 1. The molecule has 5 heteroatoms. The van der Waals surface area contributed by atoms with E-state index < -0.39 is 0 Å². The molecule has 4 nitrogen and oxygen atoms in total. The van der Waals surface area contributed by atoms with Gasteiger partial charge in [-0.3, -0.25) is 9.89 Å². The molecular formula is C14H17N3OS. The average molecular weight is 275 g/mol. The smallest absolute Gasteiger partial charge is 0.255 e. The first-order valence-electron chi connectivity index (χ1n) is 6.60. The van der Waals surface area contributed by atoms with Crippen LogP contribution in [0.2, 0.25) is 0 Å². The Labute approximate surface area is 116 Å². The lowest BCUT2D eigenvalue weighted by Gasteiger charge is -2.35. The van der Waals surface area contributed by atoms with Crippen molar-refractivity contribution in [1.82, 2.24) is 15.1 Å². The number of hydrogen-bond acceptors (Lipinski definition) is 3. The van der Waals surface area contributed by atoms with Crippen LogP contribution >= 0.6 is 11.3 Å². The topological polar surface area (TPSA) is 49.0 Å². The number of aromatic nitrogens is 2. The molecule has 2 aromatic rings. The first kappa shape index (κ1) is 12.4. The summed E-state index contributed by atoms with van der Waals surface area (Å²) in [5, 5.41) is 11.0. The summed E-state index contributed by atoms with van der Waals surface area (Å²) in [6.45, 7) is 2.87. The van der Waals surface area contributed by atoms with Gasteiger partial charge in [0.05, 0.1) is 23.5 Å². The molecule has 0 bridgehead atoms. The van der Waals surface area contributed by atoms with E-state index in [2.05, 4.69) is 10.2 Å². The van der Waals surface area contributed by atoms with Gasteiger partial charge in [0.1, 0.15) is 0 Å². The van der Waals surface area contributed by atoms with Crippen LogP contribution in [0.5, 0.6) is 0 Å². The molecule has 1 fully saturated rings. The van der Waals surface area contributed by atoms with Crippen molar-refractivity contribution in [3.63, 3.8) is 0 Å². The summed E-state index contributed by atoms with van der Waals surface area (Å²) in [4.78, 5) is 14.6. The van der Waals surface area contributed by atoms with Crippen molar-refractivity contribution in [2.75, 3.05) is 6.54 Å². The molecule has 1 N–H and O–H groups in total. The van der Waals surface area contributed by atoms with Gasteiger partial charge in [-0.25, -0.2) is 0 Å². The number of nitrogens with zero attached hydrogens (tertiary/aromatic N) is 2. The van der Waals surface area contributed by atoms with Crippen molar-refractivity contribution >= 4 is 17.2 Å². The fraction of sp³-hybridized carbons (Fsp3) is 0.429. The third kappa shape index (κ3) is 2.30. The Morgan fingerprint density at radius 3 is 3.11 bits per heavy atom. The zero-order valence-electron chi connectivity index (χ0n) is 10.9. The minimum Gasteiger partial charge on any atom is -0.330 e. The lowest BCUT2D eigenvalue weighted by atomic mass is 9.97. The molecule has 3 heterocycles. The number of rotatable bonds is 2. The Morgan fingerprint density at radius 2 is 2.42 bits per heavy atom. The van der Waals surface area contributed by atoms with E-state index in [1.54, 1.807) is 11.3 Å². The summed E-state index contributed by atoms with van der Waals surface area (Å²) in [5.41, 5.74) is 3.02. The predicted octanol–water partition coefficient (Wildman–Crippen LogP) is 3.15.